The SMILES string of the molecule is Cc1nn(-c2ccccc2)c2c1[C@@H](c1ccc(Cl)cc1)C(C#N)=C(N)O2. The Kier molecular flexibility index (Phi) is 3.90. The first-order chi connectivity index (χ1) is 12.6. The number of hydrogen-bond donors (Lipinski definition) is 1. The van der Waals surface area contributed by atoms with E-state index in [4.69, 9.17) is 22.1 Å². The van der Waals surface area contributed by atoms with Crippen LogP contribution in [0.1, 0.15) is 22.7 Å². The molecular weight excluding hydrogens is 348 g/mol. The number of allylic oxidation sites excluding steroid dienone is 1. The van der Waals surface area contributed by atoms with Gasteiger partial charge >= 0.3 is 0 Å². The summed E-state index contributed by atoms with van der Waals surface area (Å²) in [6.07, 6.45) is 0. The molecule has 128 valence electrons. The summed E-state index contributed by atoms with van der Waals surface area (Å²) in [5, 5.41) is 14.9. The second kappa shape index (κ2) is 6.25. The molecule has 0 radical (unpaired) electrons. The van der Waals surface area contributed by atoms with E-state index in [2.05, 4.69) is 11.2 Å². The zero-order chi connectivity index (χ0) is 18.3. The fraction of sp³-hybridized carbons (Fsp3) is 0.100. The highest BCUT2D eigenvalue weighted by Gasteiger charge is 2.36. The van der Waals surface area contributed by atoms with Gasteiger partial charge in [-0.2, -0.15) is 10.4 Å². The standard InChI is InChI=1S/C20H15ClN4O/c1-12-17-18(13-7-9-14(21)10-8-13)16(11-22)19(23)26-20(17)25(24-12)15-5-3-2-4-6-15/h2-10,18H,23H2,1H3/t18-/m0/s1. The predicted molar refractivity (Wildman–Crippen MR) is 99.1 cm³/mol. The first kappa shape index (κ1) is 16.2. The molecule has 0 fully saturated rings. The van der Waals surface area contributed by atoms with Crippen LogP contribution in [0.25, 0.3) is 5.69 Å². The quantitative estimate of drug-likeness (QED) is 0.746. The average Bonchev–Trinajstić information content (AvgIpc) is 2.98. The molecule has 6 heteroatoms. The van der Waals surface area contributed by atoms with Gasteiger partial charge in [0, 0.05) is 5.02 Å². The number of rotatable bonds is 2. The summed E-state index contributed by atoms with van der Waals surface area (Å²) < 4.78 is 7.54. The van der Waals surface area contributed by atoms with Crippen molar-refractivity contribution >= 4 is 11.6 Å². The normalized spacial score (nSPS) is 16.0. The molecule has 1 aromatic heterocycles. The lowest BCUT2D eigenvalue weighted by Crippen LogP contribution is -2.22. The highest BCUT2D eigenvalue weighted by Crippen LogP contribution is 2.44. The van der Waals surface area contributed by atoms with Gasteiger partial charge in [-0.3, -0.25) is 0 Å². The molecular formula is C20H15ClN4O. The number of benzene rings is 2. The Labute approximate surface area is 155 Å². The largest absolute Gasteiger partial charge is 0.422 e. The fourth-order valence-corrected chi connectivity index (χ4v) is 3.37. The van der Waals surface area contributed by atoms with Gasteiger partial charge in [0.15, 0.2) is 0 Å². The van der Waals surface area contributed by atoms with Crippen LogP contribution < -0.4 is 10.5 Å². The molecule has 0 saturated carbocycles. The first-order valence-corrected chi connectivity index (χ1v) is 8.46. The summed E-state index contributed by atoms with van der Waals surface area (Å²) in [4.78, 5) is 0. The maximum atomic E-state index is 9.67. The van der Waals surface area contributed by atoms with Crippen LogP contribution in [0.4, 0.5) is 0 Å². The van der Waals surface area contributed by atoms with Gasteiger partial charge in [-0.25, -0.2) is 4.68 Å². The van der Waals surface area contributed by atoms with Crippen LogP contribution in [-0.2, 0) is 0 Å². The number of nitriles is 1. The molecule has 2 N–H and O–H groups in total. The zero-order valence-electron chi connectivity index (χ0n) is 14.0. The Bertz CT molecular complexity index is 1050. The third-order valence-corrected chi connectivity index (χ3v) is 4.69. The smallest absolute Gasteiger partial charge is 0.229 e. The number of halogens is 1. The van der Waals surface area contributed by atoms with Crippen molar-refractivity contribution in [2.75, 3.05) is 0 Å². The summed E-state index contributed by atoms with van der Waals surface area (Å²) >= 11 is 6.02. The van der Waals surface area contributed by atoms with E-state index in [1.54, 1.807) is 16.8 Å². The van der Waals surface area contributed by atoms with Crippen molar-refractivity contribution in [1.29, 1.82) is 5.26 Å². The number of aromatic nitrogens is 2. The van der Waals surface area contributed by atoms with Crippen molar-refractivity contribution in [2.45, 2.75) is 12.8 Å². The molecule has 5 nitrogen and oxygen atoms in total. The maximum absolute atomic E-state index is 9.67. The average molecular weight is 363 g/mol. The number of aryl methyl sites for hydroxylation is 1. The van der Waals surface area contributed by atoms with Crippen molar-refractivity contribution < 1.29 is 4.74 Å². The minimum absolute atomic E-state index is 0.0945. The van der Waals surface area contributed by atoms with Crippen molar-refractivity contribution in [1.82, 2.24) is 9.78 Å². The Morgan fingerprint density at radius 2 is 1.85 bits per heavy atom. The second-order valence-corrected chi connectivity index (χ2v) is 6.46. The molecule has 0 aliphatic carbocycles. The molecule has 0 bridgehead atoms. The molecule has 0 spiro atoms. The van der Waals surface area contributed by atoms with Crippen LogP contribution in [-0.4, -0.2) is 9.78 Å². The summed E-state index contributed by atoms with van der Waals surface area (Å²) in [5.74, 6) is 0.278. The number of nitrogens with two attached hydrogens (primary N) is 1. The van der Waals surface area contributed by atoms with Crippen LogP contribution in [0.2, 0.25) is 5.02 Å². The first-order valence-electron chi connectivity index (χ1n) is 8.08. The lowest BCUT2D eigenvalue weighted by atomic mass is 9.84. The number of para-hydroxylation sites is 1. The van der Waals surface area contributed by atoms with Gasteiger partial charge in [0.05, 0.1) is 22.9 Å². The van der Waals surface area contributed by atoms with Crippen LogP contribution in [0.3, 0.4) is 0 Å². The minimum Gasteiger partial charge on any atom is -0.422 e. The zero-order valence-corrected chi connectivity index (χ0v) is 14.7. The monoisotopic (exact) mass is 362 g/mol. The third-order valence-electron chi connectivity index (χ3n) is 4.44. The molecule has 2 aromatic carbocycles. The Hall–Kier alpha value is -3.23. The summed E-state index contributed by atoms with van der Waals surface area (Å²) in [6.45, 7) is 1.90. The highest BCUT2D eigenvalue weighted by atomic mass is 35.5. The molecule has 4 rings (SSSR count). The van der Waals surface area contributed by atoms with Gasteiger partial charge in [-0.05, 0) is 36.8 Å². The Morgan fingerprint density at radius 1 is 1.15 bits per heavy atom. The van der Waals surface area contributed by atoms with Gasteiger partial charge in [-0.1, -0.05) is 41.9 Å². The summed E-state index contributed by atoms with van der Waals surface area (Å²) in [7, 11) is 0. The Balaban J connectivity index is 1.95. The molecule has 1 aliphatic rings. The van der Waals surface area contributed by atoms with E-state index >= 15 is 0 Å². The van der Waals surface area contributed by atoms with Crippen molar-refractivity contribution in [3.05, 3.63) is 87.9 Å². The fourth-order valence-electron chi connectivity index (χ4n) is 3.25. The molecule has 3 aromatic rings. The molecule has 1 aliphatic heterocycles. The number of fused-ring (bicyclic) bond motifs is 1. The van der Waals surface area contributed by atoms with Crippen LogP contribution >= 0.6 is 11.6 Å². The molecule has 0 amide bonds. The Morgan fingerprint density at radius 3 is 2.50 bits per heavy atom. The highest BCUT2D eigenvalue weighted by molar-refractivity contribution is 6.30. The lowest BCUT2D eigenvalue weighted by molar-refractivity contribution is 0.367. The van der Waals surface area contributed by atoms with Gasteiger partial charge in [-0.15, -0.1) is 0 Å². The minimum atomic E-state index is -0.349. The van der Waals surface area contributed by atoms with Crippen LogP contribution in [0, 0.1) is 18.3 Å². The molecule has 0 saturated heterocycles. The van der Waals surface area contributed by atoms with E-state index in [1.165, 1.54) is 0 Å². The van der Waals surface area contributed by atoms with Gasteiger partial charge in [0.25, 0.3) is 0 Å². The maximum Gasteiger partial charge on any atom is 0.229 e. The van der Waals surface area contributed by atoms with Crippen molar-refractivity contribution in [3.63, 3.8) is 0 Å². The van der Waals surface area contributed by atoms with Gasteiger partial charge in [0.2, 0.25) is 11.8 Å². The van der Waals surface area contributed by atoms with E-state index in [9.17, 15) is 5.26 Å². The molecule has 1 atom stereocenters. The van der Waals surface area contributed by atoms with E-state index < -0.39 is 0 Å². The van der Waals surface area contributed by atoms with Crippen LogP contribution in [0.5, 0.6) is 5.88 Å². The molecule has 26 heavy (non-hydrogen) atoms. The van der Waals surface area contributed by atoms with E-state index in [-0.39, 0.29) is 11.8 Å². The predicted octanol–water partition coefficient (Wildman–Crippen LogP) is 4.05. The number of nitrogens with zero attached hydrogens (tertiary/aromatic N) is 3. The van der Waals surface area contributed by atoms with Gasteiger partial charge < -0.3 is 10.5 Å². The topological polar surface area (TPSA) is 76.9 Å². The van der Waals surface area contributed by atoms with E-state index in [0.29, 0.717) is 16.5 Å². The summed E-state index contributed by atoms with van der Waals surface area (Å²) in [6, 6.07) is 19.3. The van der Waals surface area contributed by atoms with E-state index in [0.717, 1.165) is 22.5 Å². The second-order valence-electron chi connectivity index (χ2n) is 6.03. The van der Waals surface area contributed by atoms with Crippen molar-refractivity contribution in [2.24, 2.45) is 5.73 Å². The van der Waals surface area contributed by atoms with Gasteiger partial charge in [0.1, 0.15) is 11.6 Å². The third kappa shape index (κ3) is 2.52. The van der Waals surface area contributed by atoms with Crippen LogP contribution in [0.15, 0.2) is 66.1 Å². The lowest BCUT2D eigenvalue weighted by Gasteiger charge is -2.24. The van der Waals surface area contributed by atoms with E-state index in [1.807, 2.05) is 49.4 Å². The molecule has 2 heterocycles. The van der Waals surface area contributed by atoms with Crippen molar-refractivity contribution in [3.8, 4) is 17.6 Å². The number of hydrogen-bond acceptors (Lipinski definition) is 4. The summed E-state index contributed by atoms with van der Waals surface area (Å²) in [5.41, 5.74) is 9.85. The molecule has 0 unspecified atom stereocenters. The number of ether oxygens (including phenoxy) is 1.